The molecule has 1 unspecified atom stereocenters. The second-order valence-electron chi connectivity index (χ2n) is 7.15. The van der Waals surface area contributed by atoms with Crippen LogP contribution in [0.5, 0.6) is 11.5 Å². The second-order valence-corrected chi connectivity index (χ2v) is 8.20. The minimum atomic E-state index is 0.0561. The van der Waals surface area contributed by atoms with Crippen molar-refractivity contribution in [3.63, 3.8) is 0 Å². The SMILES string of the molecule is COc1ccc(C2CCCN2C(=O)CSc2ccc3ccccc3c2)c(OC)c1. The second kappa shape index (κ2) is 8.78. The number of fused-ring (bicyclic) bond motifs is 1. The van der Waals surface area contributed by atoms with Gasteiger partial charge in [-0.05, 0) is 47.9 Å². The van der Waals surface area contributed by atoms with Gasteiger partial charge in [-0.2, -0.15) is 0 Å². The van der Waals surface area contributed by atoms with Crippen LogP contribution in [0, 0.1) is 0 Å². The Morgan fingerprint density at radius 2 is 1.86 bits per heavy atom. The van der Waals surface area contributed by atoms with Crippen LogP contribution in [0.2, 0.25) is 0 Å². The van der Waals surface area contributed by atoms with Crippen LogP contribution in [0.15, 0.2) is 65.6 Å². The minimum Gasteiger partial charge on any atom is -0.497 e. The Labute approximate surface area is 175 Å². The molecular formula is C24H25NO3S. The zero-order valence-corrected chi connectivity index (χ0v) is 17.6. The van der Waals surface area contributed by atoms with Crippen molar-refractivity contribution in [3.05, 3.63) is 66.2 Å². The number of rotatable bonds is 6. The van der Waals surface area contributed by atoms with Crippen LogP contribution in [-0.2, 0) is 4.79 Å². The van der Waals surface area contributed by atoms with E-state index in [0.29, 0.717) is 5.75 Å². The van der Waals surface area contributed by atoms with E-state index < -0.39 is 0 Å². The summed E-state index contributed by atoms with van der Waals surface area (Å²) in [6, 6.07) is 20.5. The first-order valence-corrected chi connectivity index (χ1v) is 10.8. The van der Waals surface area contributed by atoms with E-state index in [4.69, 9.17) is 9.47 Å². The molecule has 1 atom stereocenters. The highest BCUT2D eigenvalue weighted by Crippen LogP contribution is 2.39. The number of amides is 1. The summed E-state index contributed by atoms with van der Waals surface area (Å²) in [5, 5.41) is 2.42. The number of carbonyl (C=O) groups is 1. The van der Waals surface area contributed by atoms with Gasteiger partial charge < -0.3 is 14.4 Å². The summed E-state index contributed by atoms with van der Waals surface area (Å²) in [4.78, 5) is 16.1. The molecule has 29 heavy (non-hydrogen) atoms. The molecule has 0 spiro atoms. The summed E-state index contributed by atoms with van der Waals surface area (Å²) in [6.07, 6.45) is 1.96. The molecule has 4 nitrogen and oxygen atoms in total. The largest absolute Gasteiger partial charge is 0.497 e. The smallest absolute Gasteiger partial charge is 0.233 e. The van der Waals surface area contributed by atoms with Gasteiger partial charge in [0.05, 0.1) is 26.0 Å². The van der Waals surface area contributed by atoms with Crippen molar-refractivity contribution in [1.82, 2.24) is 4.90 Å². The number of likely N-dealkylation sites (tertiary alicyclic amines) is 1. The number of hydrogen-bond donors (Lipinski definition) is 0. The molecule has 3 aromatic rings. The normalized spacial score (nSPS) is 16.2. The summed E-state index contributed by atoms with van der Waals surface area (Å²) in [7, 11) is 3.30. The molecule has 0 radical (unpaired) electrons. The molecule has 1 fully saturated rings. The Morgan fingerprint density at radius 1 is 1.03 bits per heavy atom. The maximum atomic E-state index is 13.0. The molecule has 1 heterocycles. The first-order chi connectivity index (χ1) is 14.2. The number of benzene rings is 3. The predicted molar refractivity (Wildman–Crippen MR) is 118 cm³/mol. The number of hydrogen-bond acceptors (Lipinski definition) is 4. The summed E-state index contributed by atoms with van der Waals surface area (Å²) >= 11 is 1.60. The van der Waals surface area contributed by atoms with Gasteiger partial charge in [-0.3, -0.25) is 4.79 Å². The molecule has 1 aliphatic heterocycles. The van der Waals surface area contributed by atoms with Gasteiger partial charge in [-0.1, -0.05) is 30.3 Å². The third kappa shape index (κ3) is 4.20. The average molecular weight is 408 g/mol. The Morgan fingerprint density at radius 3 is 2.66 bits per heavy atom. The zero-order valence-electron chi connectivity index (χ0n) is 16.8. The number of methoxy groups -OCH3 is 2. The third-order valence-corrected chi connectivity index (χ3v) is 6.43. The van der Waals surface area contributed by atoms with E-state index in [1.165, 1.54) is 10.8 Å². The Bertz CT molecular complexity index is 1020. The van der Waals surface area contributed by atoms with E-state index in [2.05, 4.69) is 30.3 Å². The summed E-state index contributed by atoms with van der Waals surface area (Å²) < 4.78 is 10.9. The van der Waals surface area contributed by atoms with Crippen LogP contribution in [-0.4, -0.2) is 37.3 Å². The Balaban J connectivity index is 1.47. The molecule has 1 saturated heterocycles. The van der Waals surface area contributed by atoms with Crippen LogP contribution in [0.25, 0.3) is 10.8 Å². The number of nitrogens with zero attached hydrogens (tertiary/aromatic N) is 1. The van der Waals surface area contributed by atoms with Crippen molar-refractivity contribution in [2.45, 2.75) is 23.8 Å². The molecule has 0 N–H and O–H groups in total. The molecule has 0 aliphatic carbocycles. The van der Waals surface area contributed by atoms with Gasteiger partial charge in [0, 0.05) is 23.1 Å². The van der Waals surface area contributed by atoms with Gasteiger partial charge in [0.1, 0.15) is 11.5 Å². The minimum absolute atomic E-state index is 0.0561. The summed E-state index contributed by atoms with van der Waals surface area (Å²) in [5.41, 5.74) is 1.05. The third-order valence-electron chi connectivity index (χ3n) is 5.46. The van der Waals surface area contributed by atoms with Crippen LogP contribution in [0.3, 0.4) is 0 Å². The molecule has 1 amide bonds. The zero-order chi connectivity index (χ0) is 20.2. The highest BCUT2D eigenvalue weighted by atomic mass is 32.2. The Hall–Kier alpha value is -2.66. The Kier molecular flexibility index (Phi) is 5.95. The van der Waals surface area contributed by atoms with Crippen LogP contribution in [0.1, 0.15) is 24.4 Å². The van der Waals surface area contributed by atoms with Crippen molar-refractivity contribution < 1.29 is 14.3 Å². The lowest BCUT2D eigenvalue weighted by Gasteiger charge is -2.26. The lowest BCUT2D eigenvalue weighted by molar-refractivity contribution is -0.129. The van der Waals surface area contributed by atoms with Crippen molar-refractivity contribution in [2.75, 3.05) is 26.5 Å². The average Bonchev–Trinajstić information content (AvgIpc) is 3.26. The van der Waals surface area contributed by atoms with Gasteiger partial charge in [-0.15, -0.1) is 11.8 Å². The van der Waals surface area contributed by atoms with Gasteiger partial charge in [0.15, 0.2) is 0 Å². The first kappa shape index (κ1) is 19.6. The fraction of sp³-hybridized carbons (Fsp3) is 0.292. The highest BCUT2D eigenvalue weighted by molar-refractivity contribution is 8.00. The molecule has 0 aromatic heterocycles. The van der Waals surface area contributed by atoms with Gasteiger partial charge in [-0.25, -0.2) is 0 Å². The fourth-order valence-electron chi connectivity index (χ4n) is 3.97. The van der Waals surface area contributed by atoms with E-state index in [1.807, 2.05) is 35.2 Å². The molecule has 0 bridgehead atoms. The summed E-state index contributed by atoms with van der Waals surface area (Å²) in [5.74, 6) is 2.14. The maximum absolute atomic E-state index is 13.0. The van der Waals surface area contributed by atoms with E-state index in [1.54, 1.807) is 26.0 Å². The topological polar surface area (TPSA) is 38.8 Å². The fourth-order valence-corrected chi connectivity index (χ4v) is 4.80. The predicted octanol–water partition coefficient (Wildman–Crippen LogP) is 5.31. The first-order valence-electron chi connectivity index (χ1n) is 9.82. The lowest BCUT2D eigenvalue weighted by atomic mass is 10.0. The van der Waals surface area contributed by atoms with Crippen LogP contribution >= 0.6 is 11.8 Å². The summed E-state index contributed by atoms with van der Waals surface area (Å²) in [6.45, 7) is 0.789. The maximum Gasteiger partial charge on any atom is 0.233 e. The monoisotopic (exact) mass is 407 g/mol. The number of thioether (sulfide) groups is 1. The van der Waals surface area contributed by atoms with E-state index in [-0.39, 0.29) is 11.9 Å². The molecule has 1 aliphatic rings. The highest BCUT2D eigenvalue weighted by Gasteiger charge is 2.31. The van der Waals surface area contributed by atoms with Crippen LogP contribution < -0.4 is 9.47 Å². The molecule has 150 valence electrons. The van der Waals surface area contributed by atoms with E-state index in [0.717, 1.165) is 41.3 Å². The van der Waals surface area contributed by atoms with Crippen molar-refractivity contribution in [3.8, 4) is 11.5 Å². The van der Waals surface area contributed by atoms with Gasteiger partial charge in [0.25, 0.3) is 0 Å². The lowest BCUT2D eigenvalue weighted by Crippen LogP contribution is -2.32. The van der Waals surface area contributed by atoms with Gasteiger partial charge in [0.2, 0.25) is 5.91 Å². The molecule has 0 saturated carbocycles. The molecule has 5 heteroatoms. The van der Waals surface area contributed by atoms with E-state index >= 15 is 0 Å². The van der Waals surface area contributed by atoms with Crippen molar-refractivity contribution in [2.24, 2.45) is 0 Å². The molecular weight excluding hydrogens is 382 g/mol. The molecule has 3 aromatic carbocycles. The van der Waals surface area contributed by atoms with Crippen molar-refractivity contribution in [1.29, 1.82) is 0 Å². The standard InChI is InChI=1S/C24H25NO3S/c1-27-19-10-12-21(23(15-19)28-2)22-8-5-13-25(22)24(26)16-29-20-11-9-17-6-3-4-7-18(17)14-20/h3-4,6-7,9-12,14-15,22H,5,8,13,16H2,1-2H3. The van der Waals surface area contributed by atoms with E-state index in [9.17, 15) is 4.79 Å². The number of carbonyl (C=O) groups excluding carboxylic acids is 1. The van der Waals surface area contributed by atoms with Gasteiger partial charge >= 0.3 is 0 Å². The van der Waals surface area contributed by atoms with Crippen LogP contribution in [0.4, 0.5) is 0 Å². The quantitative estimate of drug-likeness (QED) is 0.519. The van der Waals surface area contributed by atoms with Crippen molar-refractivity contribution >= 4 is 28.4 Å². The molecule has 4 rings (SSSR count). The number of ether oxygens (including phenoxy) is 2.